The molecular weight excluding hydrogens is 319 g/mol. The number of benzene rings is 1. The molecule has 0 unspecified atom stereocenters. The third-order valence-electron chi connectivity index (χ3n) is 5.16. The van der Waals surface area contributed by atoms with Crippen LogP contribution in [0.15, 0.2) is 28.7 Å². The van der Waals surface area contributed by atoms with E-state index in [-0.39, 0.29) is 11.9 Å². The first-order chi connectivity index (χ1) is 12.2. The van der Waals surface area contributed by atoms with Gasteiger partial charge in [-0.2, -0.15) is 5.26 Å². The van der Waals surface area contributed by atoms with Crippen molar-refractivity contribution in [2.75, 3.05) is 31.1 Å². The standard InChI is InChI=1S/C19H21FN4O/c1-13(14-4-6-16(20)7-5-14)23-8-10-24(11-9-23)19-17(12-21)22-18(25-19)15-2-3-15/h4-7,13,15H,2-3,8-11H2,1H3/t13-/m0/s1. The Hall–Kier alpha value is -2.39. The Kier molecular flexibility index (Phi) is 4.18. The Balaban J connectivity index is 1.43. The van der Waals surface area contributed by atoms with Gasteiger partial charge in [0.15, 0.2) is 0 Å². The van der Waals surface area contributed by atoms with Gasteiger partial charge in [-0.25, -0.2) is 9.37 Å². The van der Waals surface area contributed by atoms with E-state index in [1.165, 1.54) is 12.1 Å². The van der Waals surface area contributed by atoms with Crippen molar-refractivity contribution in [2.24, 2.45) is 0 Å². The lowest BCUT2D eigenvalue weighted by Gasteiger charge is -2.38. The summed E-state index contributed by atoms with van der Waals surface area (Å²) in [7, 11) is 0. The van der Waals surface area contributed by atoms with E-state index in [9.17, 15) is 9.65 Å². The summed E-state index contributed by atoms with van der Waals surface area (Å²) in [5, 5.41) is 9.34. The average Bonchev–Trinajstić information content (AvgIpc) is 3.41. The zero-order valence-corrected chi connectivity index (χ0v) is 14.3. The normalized spacial score (nSPS) is 19.6. The number of halogens is 1. The monoisotopic (exact) mass is 340 g/mol. The van der Waals surface area contributed by atoms with Crippen LogP contribution in [-0.2, 0) is 0 Å². The molecular formula is C19H21FN4O. The largest absolute Gasteiger partial charge is 0.423 e. The van der Waals surface area contributed by atoms with Crippen LogP contribution < -0.4 is 4.90 Å². The molecule has 25 heavy (non-hydrogen) atoms. The molecule has 1 saturated carbocycles. The smallest absolute Gasteiger partial charge is 0.234 e. The van der Waals surface area contributed by atoms with Crippen LogP contribution in [0.25, 0.3) is 0 Å². The maximum atomic E-state index is 13.1. The van der Waals surface area contributed by atoms with Crippen LogP contribution >= 0.6 is 0 Å². The molecule has 1 atom stereocenters. The molecule has 1 aliphatic heterocycles. The van der Waals surface area contributed by atoms with Crippen molar-refractivity contribution in [3.8, 4) is 6.07 Å². The van der Waals surface area contributed by atoms with Crippen LogP contribution in [0.3, 0.4) is 0 Å². The number of piperazine rings is 1. The van der Waals surface area contributed by atoms with Gasteiger partial charge in [0.25, 0.3) is 0 Å². The molecule has 2 aliphatic rings. The number of hydrogen-bond donors (Lipinski definition) is 0. The second kappa shape index (κ2) is 6.49. The SMILES string of the molecule is C[C@@H](c1ccc(F)cc1)N1CCN(c2oc(C3CC3)nc2C#N)CC1. The molecule has 1 aliphatic carbocycles. The molecule has 0 bridgehead atoms. The first-order valence-corrected chi connectivity index (χ1v) is 8.81. The van der Waals surface area contributed by atoms with Crippen LogP contribution in [-0.4, -0.2) is 36.1 Å². The lowest BCUT2D eigenvalue weighted by Crippen LogP contribution is -2.47. The fraction of sp³-hybridized carbons (Fsp3) is 0.474. The molecule has 0 spiro atoms. The molecule has 130 valence electrons. The van der Waals surface area contributed by atoms with Crippen molar-refractivity contribution >= 4 is 5.88 Å². The summed E-state index contributed by atoms with van der Waals surface area (Å²) in [4.78, 5) is 8.84. The van der Waals surface area contributed by atoms with Crippen molar-refractivity contribution in [3.63, 3.8) is 0 Å². The van der Waals surface area contributed by atoms with Gasteiger partial charge in [0.1, 0.15) is 11.9 Å². The van der Waals surface area contributed by atoms with Crippen molar-refractivity contribution in [1.82, 2.24) is 9.88 Å². The molecule has 0 N–H and O–H groups in total. The molecule has 1 saturated heterocycles. The minimum atomic E-state index is -0.207. The number of oxazole rings is 1. The number of hydrogen-bond acceptors (Lipinski definition) is 5. The summed E-state index contributed by atoms with van der Waals surface area (Å²) < 4.78 is 19.0. The molecule has 0 amide bonds. The van der Waals surface area contributed by atoms with Crippen molar-refractivity contribution in [3.05, 3.63) is 47.2 Å². The van der Waals surface area contributed by atoms with Gasteiger partial charge in [0, 0.05) is 38.1 Å². The van der Waals surface area contributed by atoms with Crippen molar-refractivity contribution < 1.29 is 8.81 Å². The predicted molar refractivity (Wildman–Crippen MR) is 91.8 cm³/mol. The summed E-state index contributed by atoms with van der Waals surface area (Å²) in [6, 6.07) is 9.11. The van der Waals surface area contributed by atoms with Crippen LogP contribution in [0.4, 0.5) is 10.3 Å². The molecule has 5 nitrogen and oxygen atoms in total. The number of nitriles is 1. The van der Waals surface area contributed by atoms with E-state index in [2.05, 4.69) is 27.8 Å². The first-order valence-electron chi connectivity index (χ1n) is 8.81. The minimum Gasteiger partial charge on any atom is -0.423 e. The van der Waals surface area contributed by atoms with E-state index < -0.39 is 0 Å². The maximum absolute atomic E-state index is 13.1. The average molecular weight is 340 g/mol. The summed E-state index contributed by atoms with van der Waals surface area (Å²) in [6.07, 6.45) is 2.21. The minimum absolute atomic E-state index is 0.207. The van der Waals surface area contributed by atoms with Crippen molar-refractivity contribution in [2.45, 2.75) is 31.7 Å². The highest BCUT2D eigenvalue weighted by molar-refractivity contribution is 5.49. The molecule has 2 aromatic rings. The van der Waals surface area contributed by atoms with Gasteiger partial charge >= 0.3 is 0 Å². The molecule has 1 aromatic carbocycles. The van der Waals surface area contributed by atoms with E-state index in [0.29, 0.717) is 23.4 Å². The molecule has 0 radical (unpaired) electrons. The first kappa shape index (κ1) is 16.1. The highest BCUT2D eigenvalue weighted by Crippen LogP contribution is 2.41. The van der Waals surface area contributed by atoms with Crippen molar-refractivity contribution in [1.29, 1.82) is 5.26 Å². The highest BCUT2D eigenvalue weighted by Gasteiger charge is 2.32. The summed E-state index contributed by atoms with van der Waals surface area (Å²) >= 11 is 0. The Bertz CT molecular complexity index is 783. The van der Waals surface area contributed by atoms with E-state index in [1.807, 2.05) is 12.1 Å². The third-order valence-corrected chi connectivity index (χ3v) is 5.16. The van der Waals surface area contributed by atoms with E-state index in [1.54, 1.807) is 0 Å². The number of rotatable bonds is 4. The van der Waals surface area contributed by atoms with Gasteiger partial charge in [-0.1, -0.05) is 12.1 Å². The zero-order valence-electron chi connectivity index (χ0n) is 14.3. The quantitative estimate of drug-likeness (QED) is 0.853. The Morgan fingerprint density at radius 2 is 1.88 bits per heavy atom. The van der Waals surface area contributed by atoms with Gasteiger partial charge in [-0.05, 0) is 37.5 Å². The van der Waals surface area contributed by atoms with Crippen LogP contribution in [0.5, 0.6) is 0 Å². The molecule has 1 aromatic heterocycles. The lowest BCUT2D eigenvalue weighted by molar-refractivity contribution is 0.196. The van der Waals surface area contributed by atoms with E-state index >= 15 is 0 Å². The Morgan fingerprint density at radius 1 is 1.20 bits per heavy atom. The van der Waals surface area contributed by atoms with E-state index in [4.69, 9.17) is 4.42 Å². The predicted octanol–water partition coefficient (Wildman–Crippen LogP) is 3.45. The number of nitrogens with zero attached hydrogens (tertiary/aromatic N) is 4. The van der Waals surface area contributed by atoms with E-state index in [0.717, 1.165) is 44.6 Å². The number of anilines is 1. The maximum Gasteiger partial charge on any atom is 0.234 e. The summed E-state index contributed by atoms with van der Waals surface area (Å²) in [6.45, 7) is 5.45. The third kappa shape index (κ3) is 3.24. The summed E-state index contributed by atoms with van der Waals surface area (Å²) in [5.41, 5.74) is 1.52. The number of aromatic nitrogens is 1. The zero-order chi connectivity index (χ0) is 17.4. The highest BCUT2D eigenvalue weighted by atomic mass is 19.1. The van der Waals surface area contributed by atoms with Crippen LogP contribution in [0.1, 0.15) is 48.9 Å². The topological polar surface area (TPSA) is 56.3 Å². The van der Waals surface area contributed by atoms with Crippen LogP contribution in [0, 0.1) is 17.1 Å². The van der Waals surface area contributed by atoms with Gasteiger partial charge in [0.05, 0.1) is 0 Å². The van der Waals surface area contributed by atoms with Gasteiger partial charge in [-0.3, -0.25) is 4.90 Å². The van der Waals surface area contributed by atoms with Gasteiger partial charge in [-0.15, -0.1) is 0 Å². The Labute approximate surface area is 146 Å². The summed E-state index contributed by atoms with van der Waals surface area (Å²) in [5.74, 6) is 1.54. The fourth-order valence-electron chi connectivity index (χ4n) is 3.38. The Morgan fingerprint density at radius 3 is 2.48 bits per heavy atom. The van der Waals surface area contributed by atoms with Gasteiger partial charge in [0.2, 0.25) is 17.5 Å². The molecule has 2 fully saturated rings. The molecule has 6 heteroatoms. The fourth-order valence-corrected chi connectivity index (χ4v) is 3.38. The van der Waals surface area contributed by atoms with Gasteiger partial charge < -0.3 is 9.32 Å². The second-order valence-corrected chi connectivity index (χ2v) is 6.84. The molecule has 2 heterocycles. The van der Waals surface area contributed by atoms with Crippen LogP contribution in [0.2, 0.25) is 0 Å². The second-order valence-electron chi connectivity index (χ2n) is 6.84. The molecule has 4 rings (SSSR count). The lowest BCUT2D eigenvalue weighted by atomic mass is 10.1.